The smallest absolute Gasteiger partial charge is 0.0506 e. The van der Waals surface area contributed by atoms with Gasteiger partial charge in [-0.2, -0.15) is 0 Å². The van der Waals surface area contributed by atoms with Crippen molar-refractivity contribution in [2.45, 2.75) is 39.3 Å². The minimum atomic E-state index is -0.351. The van der Waals surface area contributed by atoms with Crippen molar-refractivity contribution in [3.8, 4) is 0 Å². The van der Waals surface area contributed by atoms with Gasteiger partial charge in [0.15, 0.2) is 0 Å². The molecule has 0 saturated carbocycles. The van der Waals surface area contributed by atoms with Gasteiger partial charge in [-0.1, -0.05) is 17.7 Å². The summed E-state index contributed by atoms with van der Waals surface area (Å²) in [5, 5.41) is 1.95. The van der Waals surface area contributed by atoms with E-state index in [1.54, 1.807) is 0 Å². The van der Waals surface area contributed by atoms with Gasteiger partial charge in [-0.05, 0) is 45.9 Å². The second-order valence-electron chi connectivity index (χ2n) is 5.42. The van der Waals surface area contributed by atoms with E-state index in [0.717, 1.165) is 16.2 Å². The third kappa shape index (κ3) is 2.20. The van der Waals surface area contributed by atoms with E-state index in [0.29, 0.717) is 6.04 Å². The minimum absolute atomic E-state index is 0.351. The van der Waals surface area contributed by atoms with Gasteiger partial charge < -0.3 is 10.3 Å². The first-order valence-corrected chi connectivity index (χ1v) is 6.28. The van der Waals surface area contributed by atoms with Crippen LogP contribution in [0, 0.1) is 0 Å². The van der Waals surface area contributed by atoms with Crippen LogP contribution in [0.5, 0.6) is 0 Å². The van der Waals surface area contributed by atoms with Crippen molar-refractivity contribution in [3.05, 3.63) is 35.0 Å². The molecule has 0 unspecified atom stereocenters. The van der Waals surface area contributed by atoms with E-state index in [9.17, 15) is 0 Å². The van der Waals surface area contributed by atoms with Crippen molar-refractivity contribution < 1.29 is 0 Å². The van der Waals surface area contributed by atoms with Crippen molar-refractivity contribution in [1.82, 2.24) is 4.57 Å². The Bertz CT molecular complexity index is 547. The van der Waals surface area contributed by atoms with E-state index < -0.39 is 0 Å². The molecule has 0 bridgehead atoms. The number of fused-ring (bicyclic) bond motifs is 1. The van der Waals surface area contributed by atoms with Crippen molar-refractivity contribution in [2.24, 2.45) is 5.73 Å². The lowest BCUT2D eigenvalue weighted by molar-refractivity contribution is 0.474. The normalized spacial score (nSPS) is 12.6. The molecule has 92 valence electrons. The quantitative estimate of drug-likeness (QED) is 0.856. The Labute approximate surface area is 107 Å². The number of aromatic nitrogens is 1. The van der Waals surface area contributed by atoms with Gasteiger partial charge in [0.05, 0.1) is 5.54 Å². The maximum Gasteiger partial charge on any atom is 0.0506 e. The van der Waals surface area contributed by atoms with E-state index in [2.05, 4.69) is 24.5 Å². The zero-order valence-electron chi connectivity index (χ0n) is 10.8. The number of rotatable bonds is 2. The zero-order valence-corrected chi connectivity index (χ0v) is 11.5. The first-order valence-electron chi connectivity index (χ1n) is 5.90. The molecule has 0 amide bonds. The Hall–Kier alpha value is -0.990. The Morgan fingerprint density at radius 1 is 1.24 bits per heavy atom. The average molecular weight is 251 g/mol. The summed E-state index contributed by atoms with van der Waals surface area (Å²) in [5.74, 6) is 0. The predicted molar refractivity (Wildman–Crippen MR) is 74.5 cm³/mol. The molecule has 0 radical (unpaired) electrons. The summed E-state index contributed by atoms with van der Waals surface area (Å²) in [6.45, 7) is 8.38. The van der Waals surface area contributed by atoms with Gasteiger partial charge >= 0.3 is 0 Å². The third-order valence-corrected chi connectivity index (χ3v) is 3.22. The summed E-state index contributed by atoms with van der Waals surface area (Å²) in [6, 6.07) is 8.50. The van der Waals surface area contributed by atoms with Gasteiger partial charge in [0.2, 0.25) is 0 Å². The highest BCUT2D eigenvalue weighted by Crippen LogP contribution is 2.31. The van der Waals surface area contributed by atoms with Crippen LogP contribution in [0.1, 0.15) is 39.4 Å². The Morgan fingerprint density at radius 3 is 2.41 bits per heavy atom. The SMILES string of the molecule is CC(C)n1c(C(C)(C)N)cc2ccc(Cl)cc21. The number of halogens is 1. The Morgan fingerprint density at radius 2 is 1.88 bits per heavy atom. The van der Waals surface area contributed by atoms with E-state index in [-0.39, 0.29) is 5.54 Å². The van der Waals surface area contributed by atoms with E-state index in [1.165, 1.54) is 5.39 Å². The maximum absolute atomic E-state index is 6.24. The van der Waals surface area contributed by atoms with E-state index >= 15 is 0 Å². The van der Waals surface area contributed by atoms with Crippen molar-refractivity contribution in [1.29, 1.82) is 0 Å². The summed E-state index contributed by atoms with van der Waals surface area (Å²) >= 11 is 6.07. The summed E-state index contributed by atoms with van der Waals surface area (Å²) in [5.41, 5.74) is 8.19. The number of nitrogens with two attached hydrogens (primary N) is 1. The zero-order chi connectivity index (χ0) is 12.8. The van der Waals surface area contributed by atoms with Crippen molar-refractivity contribution in [2.75, 3.05) is 0 Å². The Kier molecular flexibility index (Phi) is 2.96. The number of nitrogens with zero attached hydrogens (tertiary/aromatic N) is 1. The fourth-order valence-electron chi connectivity index (χ4n) is 2.25. The molecule has 0 atom stereocenters. The first kappa shape index (κ1) is 12.5. The topological polar surface area (TPSA) is 30.9 Å². The van der Waals surface area contributed by atoms with Crippen LogP contribution < -0.4 is 5.73 Å². The van der Waals surface area contributed by atoms with Gasteiger partial charge in [0.25, 0.3) is 0 Å². The molecule has 0 fully saturated rings. The summed E-state index contributed by atoms with van der Waals surface area (Å²) in [6.07, 6.45) is 0. The van der Waals surface area contributed by atoms with E-state index in [4.69, 9.17) is 17.3 Å². The molecular weight excluding hydrogens is 232 g/mol. The first-order chi connectivity index (χ1) is 7.80. The van der Waals surface area contributed by atoms with Crippen molar-refractivity contribution in [3.63, 3.8) is 0 Å². The number of benzene rings is 1. The van der Waals surface area contributed by atoms with Crippen LogP contribution >= 0.6 is 11.6 Å². The summed E-state index contributed by atoms with van der Waals surface area (Å²) < 4.78 is 2.27. The standard InChI is InChI=1S/C14H19ClN2/c1-9(2)17-12-8-11(15)6-5-10(12)7-13(17)14(3,4)16/h5-9H,16H2,1-4H3. The van der Waals surface area contributed by atoms with Crippen LogP contribution in [-0.4, -0.2) is 4.57 Å². The third-order valence-electron chi connectivity index (χ3n) is 2.98. The van der Waals surface area contributed by atoms with Crippen LogP contribution in [0.4, 0.5) is 0 Å². The second kappa shape index (κ2) is 4.04. The monoisotopic (exact) mass is 250 g/mol. The molecule has 0 spiro atoms. The number of hydrogen-bond donors (Lipinski definition) is 1. The highest BCUT2D eigenvalue weighted by molar-refractivity contribution is 6.31. The molecule has 1 aromatic heterocycles. The fourth-order valence-corrected chi connectivity index (χ4v) is 2.41. The largest absolute Gasteiger partial charge is 0.340 e. The van der Waals surface area contributed by atoms with Crippen LogP contribution in [0.2, 0.25) is 5.02 Å². The molecule has 1 heterocycles. The second-order valence-corrected chi connectivity index (χ2v) is 5.85. The molecule has 0 aliphatic rings. The fraction of sp³-hybridized carbons (Fsp3) is 0.429. The summed E-state index contributed by atoms with van der Waals surface area (Å²) in [7, 11) is 0. The van der Waals surface area contributed by atoms with Gasteiger partial charge in [0.1, 0.15) is 0 Å². The van der Waals surface area contributed by atoms with Crippen LogP contribution in [-0.2, 0) is 5.54 Å². The average Bonchev–Trinajstić information content (AvgIpc) is 2.55. The maximum atomic E-state index is 6.24. The lowest BCUT2D eigenvalue weighted by Gasteiger charge is -2.24. The van der Waals surface area contributed by atoms with Crippen molar-refractivity contribution >= 4 is 22.5 Å². The number of hydrogen-bond acceptors (Lipinski definition) is 1. The molecule has 2 rings (SSSR count). The minimum Gasteiger partial charge on any atom is -0.340 e. The highest BCUT2D eigenvalue weighted by Gasteiger charge is 2.22. The van der Waals surface area contributed by atoms with Gasteiger partial charge in [-0.15, -0.1) is 0 Å². The lowest BCUT2D eigenvalue weighted by Crippen LogP contribution is -2.32. The molecule has 2 nitrogen and oxygen atoms in total. The lowest BCUT2D eigenvalue weighted by atomic mass is 10.0. The van der Waals surface area contributed by atoms with Crippen LogP contribution in [0.25, 0.3) is 10.9 Å². The predicted octanol–water partition coefficient (Wildman–Crippen LogP) is 4.07. The molecule has 17 heavy (non-hydrogen) atoms. The molecule has 1 aromatic carbocycles. The van der Waals surface area contributed by atoms with E-state index in [1.807, 2.05) is 32.0 Å². The highest BCUT2D eigenvalue weighted by atomic mass is 35.5. The van der Waals surface area contributed by atoms with Crippen LogP contribution in [0.15, 0.2) is 24.3 Å². The molecule has 3 heteroatoms. The molecule has 2 aromatic rings. The Balaban J connectivity index is 2.81. The van der Waals surface area contributed by atoms with Gasteiger partial charge in [0, 0.05) is 27.7 Å². The molecule has 0 aliphatic heterocycles. The van der Waals surface area contributed by atoms with Crippen LogP contribution in [0.3, 0.4) is 0 Å². The molecule has 2 N–H and O–H groups in total. The van der Waals surface area contributed by atoms with Gasteiger partial charge in [-0.25, -0.2) is 0 Å². The molecular formula is C14H19ClN2. The molecule has 0 saturated heterocycles. The van der Waals surface area contributed by atoms with Gasteiger partial charge in [-0.3, -0.25) is 0 Å². The summed E-state index contributed by atoms with van der Waals surface area (Å²) in [4.78, 5) is 0. The molecule has 0 aliphatic carbocycles.